The topological polar surface area (TPSA) is 177 Å². The molecule has 0 aromatic carbocycles. The highest BCUT2D eigenvalue weighted by molar-refractivity contribution is 5.56. The van der Waals surface area contributed by atoms with Gasteiger partial charge in [0.2, 0.25) is 0 Å². The minimum absolute atomic E-state index is 0.0384. The van der Waals surface area contributed by atoms with Gasteiger partial charge in [-0.25, -0.2) is 0 Å². The van der Waals surface area contributed by atoms with E-state index in [1.165, 1.54) is 6.92 Å². The number of carbonyl (C=O) groups is 1. The fourth-order valence-corrected chi connectivity index (χ4v) is 2.09. The van der Waals surface area contributed by atoms with Crippen molar-refractivity contribution in [3.63, 3.8) is 0 Å². The Morgan fingerprint density at radius 3 is 2.18 bits per heavy atom. The first kappa shape index (κ1) is 19.4. The third-order valence-electron chi connectivity index (χ3n) is 3.44. The van der Waals surface area contributed by atoms with E-state index in [0.717, 1.165) is 0 Å². The Hall–Kier alpha value is -0.690. The summed E-state index contributed by atoms with van der Waals surface area (Å²) in [6.45, 7) is 0.527. The molecule has 1 rings (SSSR count). The van der Waals surface area contributed by atoms with Crippen molar-refractivity contribution in [2.24, 2.45) is 0 Å². The lowest BCUT2D eigenvalue weighted by molar-refractivity contribution is -0.324. The van der Waals surface area contributed by atoms with Crippen molar-refractivity contribution < 1.29 is 50.0 Å². The molecule has 10 heteroatoms. The molecule has 0 aromatic heterocycles. The van der Waals surface area contributed by atoms with E-state index < -0.39 is 61.7 Å². The van der Waals surface area contributed by atoms with Gasteiger partial charge in [-0.15, -0.1) is 0 Å². The summed E-state index contributed by atoms with van der Waals surface area (Å²) in [5.74, 6) is 0. The standard InChI is InChI=1S/C12H22O10/c1-4(15)11(7(17)5(16)2-13)22-12-10(20)9(19)8(18)6(3-14)21-12/h2,4-12,14-20H,3H2,1H3/t4-,5+,6+,7-,8-,9-,10+,11-,12-/m0/s1. The Morgan fingerprint density at radius 1 is 1.14 bits per heavy atom. The average Bonchev–Trinajstić information content (AvgIpc) is 2.50. The first-order valence-corrected chi connectivity index (χ1v) is 6.70. The van der Waals surface area contributed by atoms with Crippen molar-refractivity contribution in [1.29, 1.82) is 0 Å². The lowest BCUT2D eigenvalue weighted by Gasteiger charge is -2.41. The van der Waals surface area contributed by atoms with Gasteiger partial charge in [-0.1, -0.05) is 0 Å². The molecule has 1 fully saturated rings. The second kappa shape index (κ2) is 8.24. The van der Waals surface area contributed by atoms with E-state index in [-0.39, 0.29) is 6.29 Å². The van der Waals surface area contributed by atoms with E-state index in [0.29, 0.717) is 0 Å². The Balaban J connectivity index is 2.85. The molecule has 0 amide bonds. The average molecular weight is 326 g/mol. The van der Waals surface area contributed by atoms with Gasteiger partial charge in [-0.2, -0.15) is 0 Å². The van der Waals surface area contributed by atoms with Crippen LogP contribution in [0.5, 0.6) is 0 Å². The Bertz CT molecular complexity index is 349. The normalized spacial score (nSPS) is 38.1. The smallest absolute Gasteiger partial charge is 0.187 e. The first-order valence-electron chi connectivity index (χ1n) is 6.70. The van der Waals surface area contributed by atoms with Gasteiger partial charge in [0.05, 0.1) is 12.7 Å². The van der Waals surface area contributed by atoms with Crippen molar-refractivity contribution in [2.75, 3.05) is 6.61 Å². The largest absolute Gasteiger partial charge is 0.394 e. The van der Waals surface area contributed by atoms with Crippen molar-refractivity contribution >= 4 is 6.29 Å². The minimum atomic E-state index is -1.84. The van der Waals surface area contributed by atoms with Gasteiger partial charge < -0.3 is 50.0 Å². The number of hydrogen-bond donors (Lipinski definition) is 7. The molecule has 7 N–H and O–H groups in total. The monoisotopic (exact) mass is 326 g/mol. The number of hydrogen-bond acceptors (Lipinski definition) is 10. The number of aliphatic hydroxyl groups is 7. The number of rotatable bonds is 7. The molecule has 0 saturated carbocycles. The summed E-state index contributed by atoms with van der Waals surface area (Å²) in [5.41, 5.74) is 0. The molecule has 0 aliphatic carbocycles. The number of ether oxygens (including phenoxy) is 2. The second-order valence-electron chi connectivity index (χ2n) is 5.16. The predicted octanol–water partition coefficient (Wildman–Crippen LogP) is -4.53. The Labute approximate surface area is 126 Å². The van der Waals surface area contributed by atoms with Gasteiger partial charge in [-0.05, 0) is 6.92 Å². The third-order valence-corrected chi connectivity index (χ3v) is 3.44. The van der Waals surface area contributed by atoms with Crippen molar-refractivity contribution in [3.8, 4) is 0 Å². The summed E-state index contributed by atoms with van der Waals surface area (Å²) in [7, 11) is 0. The highest BCUT2D eigenvalue weighted by atomic mass is 16.7. The van der Waals surface area contributed by atoms with E-state index in [1.54, 1.807) is 0 Å². The SMILES string of the molecule is C[C@H](O)[C@H](O[C@@H]1O[C@H](CO)[C@H](O)[C@H](O)[C@H]1O)[C@@H](O)[C@H](O)C=O. The number of aliphatic hydroxyl groups excluding tert-OH is 7. The lowest BCUT2D eigenvalue weighted by atomic mass is 9.98. The maximum Gasteiger partial charge on any atom is 0.187 e. The molecule has 0 bridgehead atoms. The zero-order chi connectivity index (χ0) is 17.0. The molecular formula is C12H22O10. The Kier molecular flexibility index (Phi) is 7.25. The summed E-state index contributed by atoms with van der Waals surface area (Å²) in [6, 6.07) is 0. The highest BCUT2D eigenvalue weighted by Crippen LogP contribution is 2.24. The summed E-state index contributed by atoms with van der Waals surface area (Å²) in [4.78, 5) is 10.5. The molecule has 0 unspecified atom stereocenters. The van der Waals surface area contributed by atoms with Crippen molar-refractivity contribution in [1.82, 2.24) is 0 Å². The third kappa shape index (κ3) is 4.19. The van der Waals surface area contributed by atoms with Gasteiger partial charge in [0.15, 0.2) is 12.6 Å². The first-order chi connectivity index (χ1) is 10.2. The van der Waals surface area contributed by atoms with Crippen LogP contribution < -0.4 is 0 Å². The van der Waals surface area contributed by atoms with Crippen LogP contribution in [0, 0.1) is 0 Å². The fourth-order valence-electron chi connectivity index (χ4n) is 2.09. The van der Waals surface area contributed by atoms with Crippen LogP contribution in [-0.4, -0.2) is 104 Å². The maximum absolute atomic E-state index is 10.5. The zero-order valence-corrected chi connectivity index (χ0v) is 11.8. The van der Waals surface area contributed by atoms with Crippen LogP contribution in [0.2, 0.25) is 0 Å². The fraction of sp³-hybridized carbons (Fsp3) is 0.917. The molecule has 0 aromatic rings. The summed E-state index contributed by atoms with van der Waals surface area (Å²) < 4.78 is 10.2. The van der Waals surface area contributed by atoms with Crippen LogP contribution in [0.4, 0.5) is 0 Å². The summed E-state index contributed by atoms with van der Waals surface area (Å²) in [5, 5.41) is 66.7. The Morgan fingerprint density at radius 2 is 1.73 bits per heavy atom. The molecule has 22 heavy (non-hydrogen) atoms. The van der Waals surface area contributed by atoms with Gasteiger partial charge in [0.25, 0.3) is 0 Å². The van der Waals surface area contributed by atoms with Gasteiger partial charge in [-0.3, -0.25) is 0 Å². The quantitative estimate of drug-likeness (QED) is 0.225. The number of aldehydes is 1. The van der Waals surface area contributed by atoms with E-state index in [2.05, 4.69) is 0 Å². The highest BCUT2D eigenvalue weighted by Gasteiger charge is 2.46. The molecule has 130 valence electrons. The van der Waals surface area contributed by atoms with Crippen LogP contribution in [0.1, 0.15) is 6.92 Å². The van der Waals surface area contributed by atoms with Gasteiger partial charge >= 0.3 is 0 Å². The molecule has 1 saturated heterocycles. The molecule has 9 atom stereocenters. The molecule has 1 aliphatic heterocycles. The van der Waals surface area contributed by atoms with Crippen LogP contribution in [0.3, 0.4) is 0 Å². The zero-order valence-electron chi connectivity index (χ0n) is 11.8. The van der Waals surface area contributed by atoms with Crippen LogP contribution >= 0.6 is 0 Å². The van der Waals surface area contributed by atoms with Gasteiger partial charge in [0, 0.05) is 0 Å². The molecule has 10 nitrogen and oxygen atoms in total. The van der Waals surface area contributed by atoms with E-state index in [9.17, 15) is 35.4 Å². The lowest BCUT2D eigenvalue weighted by Crippen LogP contribution is -2.61. The van der Waals surface area contributed by atoms with Crippen LogP contribution in [0.25, 0.3) is 0 Å². The number of carbonyl (C=O) groups excluding carboxylic acids is 1. The molecule has 1 aliphatic rings. The molecular weight excluding hydrogens is 304 g/mol. The van der Waals surface area contributed by atoms with Crippen molar-refractivity contribution in [2.45, 2.75) is 62.0 Å². The predicted molar refractivity (Wildman–Crippen MR) is 68.4 cm³/mol. The minimum Gasteiger partial charge on any atom is -0.394 e. The van der Waals surface area contributed by atoms with Gasteiger partial charge in [0.1, 0.15) is 42.7 Å². The van der Waals surface area contributed by atoms with Crippen LogP contribution in [-0.2, 0) is 14.3 Å². The molecule has 1 heterocycles. The van der Waals surface area contributed by atoms with E-state index in [4.69, 9.17) is 14.6 Å². The summed E-state index contributed by atoms with van der Waals surface area (Å²) >= 11 is 0. The maximum atomic E-state index is 10.5. The van der Waals surface area contributed by atoms with Crippen molar-refractivity contribution in [3.05, 3.63) is 0 Å². The van der Waals surface area contributed by atoms with E-state index >= 15 is 0 Å². The summed E-state index contributed by atoms with van der Waals surface area (Å²) in [6.07, 6.45) is -14.4. The molecule has 0 spiro atoms. The second-order valence-corrected chi connectivity index (χ2v) is 5.16. The van der Waals surface area contributed by atoms with Crippen LogP contribution in [0.15, 0.2) is 0 Å². The molecule has 0 radical (unpaired) electrons. The van der Waals surface area contributed by atoms with E-state index in [1.807, 2.05) is 0 Å².